The van der Waals surface area contributed by atoms with Crippen LogP contribution in [0.4, 0.5) is 0 Å². The first kappa shape index (κ1) is 12.9. The van der Waals surface area contributed by atoms with Crippen LogP contribution in [0.25, 0.3) is 0 Å². The predicted octanol–water partition coefficient (Wildman–Crippen LogP) is 1.49. The average molecular weight is 214 g/mol. The number of likely N-dealkylation sites (N-methyl/N-ethyl adjacent to an activating group) is 1. The Labute approximate surface area is 94.2 Å². The van der Waals surface area contributed by atoms with Gasteiger partial charge in [0, 0.05) is 19.2 Å². The van der Waals surface area contributed by atoms with Crippen LogP contribution >= 0.6 is 0 Å². The summed E-state index contributed by atoms with van der Waals surface area (Å²) in [5.74, 6) is 0. The van der Waals surface area contributed by atoms with Crippen molar-refractivity contribution in [3.05, 3.63) is 0 Å². The zero-order chi connectivity index (χ0) is 10.9. The van der Waals surface area contributed by atoms with Gasteiger partial charge in [-0.3, -0.25) is 0 Å². The Bertz CT molecular complexity index is 147. The Morgan fingerprint density at radius 2 is 2.00 bits per heavy atom. The van der Waals surface area contributed by atoms with Crippen molar-refractivity contribution in [2.45, 2.75) is 38.6 Å². The van der Waals surface area contributed by atoms with Crippen LogP contribution in [0.1, 0.15) is 32.6 Å². The minimum atomic E-state index is 0.765. The molecule has 0 aromatic heterocycles. The van der Waals surface area contributed by atoms with Crippen LogP contribution in [0.15, 0.2) is 0 Å². The van der Waals surface area contributed by atoms with Gasteiger partial charge in [0.1, 0.15) is 0 Å². The van der Waals surface area contributed by atoms with Crippen molar-refractivity contribution in [2.75, 3.05) is 39.9 Å². The van der Waals surface area contributed by atoms with E-state index in [0.717, 1.165) is 25.8 Å². The monoisotopic (exact) mass is 214 g/mol. The van der Waals surface area contributed by atoms with Crippen molar-refractivity contribution in [3.8, 4) is 0 Å². The van der Waals surface area contributed by atoms with Gasteiger partial charge < -0.3 is 15.0 Å². The quantitative estimate of drug-likeness (QED) is 0.650. The van der Waals surface area contributed by atoms with Gasteiger partial charge in [0.05, 0.1) is 6.61 Å². The van der Waals surface area contributed by atoms with E-state index in [4.69, 9.17) is 4.74 Å². The van der Waals surface area contributed by atoms with Crippen molar-refractivity contribution in [1.29, 1.82) is 0 Å². The van der Waals surface area contributed by atoms with E-state index in [1.165, 1.54) is 38.8 Å². The van der Waals surface area contributed by atoms with E-state index in [1.807, 2.05) is 0 Å². The van der Waals surface area contributed by atoms with Crippen LogP contribution in [0, 0.1) is 0 Å². The molecule has 3 heteroatoms. The molecule has 1 rings (SSSR count). The molecule has 1 saturated heterocycles. The Hall–Kier alpha value is -0.120. The highest BCUT2D eigenvalue weighted by molar-refractivity contribution is 4.75. The summed E-state index contributed by atoms with van der Waals surface area (Å²) in [5.41, 5.74) is 0. The van der Waals surface area contributed by atoms with Gasteiger partial charge in [0.15, 0.2) is 0 Å². The summed E-state index contributed by atoms with van der Waals surface area (Å²) < 4.78 is 5.58. The van der Waals surface area contributed by atoms with Gasteiger partial charge in [0.2, 0.25) is 0 Å². The summed E-state index contributed by atoms with van der Waals surface area (Å²) in [6.45, 7) is 7.44. The molecule has 0 spiro atoms. The second-order valence-corrected chi connectivity index (χ2v) is 4.43. The van der Waals surface area contributed by atoms with E-state index in [2.05, 4.69) is 24.2 Å². The van der Waals surface area contributed by atoms with Gasteiger partial charge in [-0.2, -0.15) is 0 Å². The Kier molecular flexibility index (Phi) is 6.98. The molecule has 15 heavy (non-hydrogen) atoms. The number of piperidine rings is 1. The largest absolute Gasteiger partial charge is 0.380 e. The van der Waals surface area contributed by atoms with E-state index < -0.39 is 0 Å². The van der Waals surface area contributed by atoms with Crippen LogP contribution in [0.5, 0.6) is 0 Å². The number of hydrogen-bond acceptors (Lipinski definition) is 3. The van der Waals surface area contributed by atoms with Gasteiger partial charge in [0.25, 0.3) is 0 Å². The van der Waals surface area contributed by atoms with Crippen molar-refractivity contribution in [3.63, 3.8) is 0 Å². The third kappa shape index (κ3) is 5.50. The third-order valence-corrected chi connectivity index (χ3v) is 3.16. The molecule has 0 saturated carbocycles. The van der Waals surface area contributed by atoms with Gasteiger partial charge in [-0.15, -0.1) is 0 Å². The number of unbranched alkanes of at least 4 members (excludes halogenated alkanes) is 1. The molecule has 0 amide bonds. The summed E-state index contributed by atoms with van der Waals surface area (Å²) in [4.78, 5) is 2.45. The minimum absolute atomic E-state index is 0.765. The molecule has 1 fully saturated rings. The Morgan fingerprint density at radius 3 is 2.67 bits per heavy atom. The molecule has 0 radical (unpaired) electrons. The lowest BCUT2D eigenvalue weighted by atomic mass is 10.1. The van der Waals surface area contributed by atoms with Crippen molar-refractivity contribution in [2.24, 2.45) is 0 Å². The number of rotatable bonds is 7. The lowest BCUT2D eigenvalue weighted by Gasteiger charge is -2.31. The summed E-state index contributed by atoms with van der Waals surface area (Å²) in [5, 5.41) is 3.40. The highest BCUT2D eigenvalue weighted by atomic mass is 16.5. The molecule has 0 aromatic rings. The molecule has 1 heterocycles. The first-order valence-corrected chi connectivity index (χ1v) is 6.33. The number of nitrogens with one attached hydrogen (secondary N) is 1. The molecule has 1 aliphatic heterocycles. The van der Waals surface area contributed by atoms with Gasteiger partial charge in [-0.25, -0.2) is 0 Å². The van der Waals surface area contributed by atoms with E-state index in [9.17, 15) is 0 Å². The molecule has 0 bridgehead atoms. The molecular formula is C12H26N2O. The van der Waals surface area contributed by atoms with Crippen LogP contribution in [-0.2, 0) is 4.74 Å². The third-order valence-electron chi connectivity index (χ3n) is 3.16. The van der Waals surface area contributed by atoms with E-state index in [-0.39, 0.29) is 0 Å². The average Bonchev–Trinajstić information content (AvgIpc) is 2.30. The lowest BCUT2D eigenvalue weighted by Crippen LogP contribution is -2.42. The van der Waals surface area contributed by atoms with Gasteiger partial charge >= 0.3 is 0 Å². The second kappa shape index (κ2) is 8.08. The summed E-state index contributed by atoms with van der Waals surface area (Å²) in [6, 6.07) is 0.765. The Morgan fingerprint density at radius 1 is 1.27 bits per heavy atom. The highest BCUT2D eigenvalue weighted by Gasteiger charge is 2.16. The highest BCUT2D eigenvalue weighted by Crippen LogP contribution is 2.09. The first-order chi connectivity index (χ1) is 7.34. The molecule has 3 nitrogen and oxygen atoms in total. The number of ether oxygens (including phenoxy) is 1. The van der Waals surface area contributed by atoms with Crippen LogP contribution in [-0.4, -0.2) is 50.8 Å². The van der Waals surface area contributed by atoms with Crippen molar-refractivity contribution >= 4 is 0 Å². The fraction of sp³-hybridized carbons (Fsp3) is 1.00. The smallest absolute Gasteiger partial charge is 0.0593 e. The fourth-order valence-electron chi connectivity index (χ4n) is 1.99. The van der Waals surface area contributed by atoms with E-state index >= 15 is 0 Å². The number of nitrogens with zero attached hydrogens (tertiary/aromatic N) is 1. The van der Waals surface area contributed by atoms with E-state index in [1.54, 1.807) is 0 Å². The SMILES string of the molecule is CCCCOCCN(C)C1CCNCC1. The van der Waals surface area contributed by atoms with Gasteiger partial charge in [-0.05, 0) is 39.4 Å². The maximum atomic E-state index is 5.58. The maximum absolute atomic E-state index is 5.58. The molecular weight excluding hydrogens is 188 g/mol. The maximum Gasteiger partial charge on any atom is 0.0593 e. The Balaban J connectivity index is 1.99. The summed E-state index contributed by atoms with van der Waals surface area (Å²) in [6.07, 6.45) is 4.98. The summed E-state index contributed by atoms with van der Waals surface area (Å²) >= 11 is 0. The van der Waals surface area contributed by atoms with Crippen molar-refractivity contribution < 1.29 is 4.74 Å². The molecule has 0 aromatic carbocycles. The zero-order valence-electron chi connectivity index (χ0n) is 10.3. The second-order valence-electron chi connectivity index (χ2n) is 4.43. The van der Waals surface area contributed by atoms with Crippen LogP contribution in [0.2, 0.25) is 0 Å². The fourth-order valence-corrected chi connectivity index (χ4v) is 1.99. The first-order valence-electron chi connectivity index (χ1n) is 6.33. The van der Waals surface area contributed by atoms with Crippen molar-refractivity contribution in [1.82, 2.24) is 10.2 Å². The topological polar surface area (TPSA) is 24.5 Å². The minimum Gasteiger partial charge on any atom is -0.380 e. The molecule has 0 unspecified atom stereocenters. The standard InChI is InChI=1S/C12H26N2O/c1-3-4-10-15-11-9-14(2)12-5-7-13-8-6-12/h12-13H,3-11H2,1-2H3. The van der Waals surface area contributed by atoms with Gasteiger partial charge in [-0.1, -0.05) is 13.3 Å². The molecule has 0 aliphatic carbocycles. The van der Waals surface area contributed by atoms with Crippen LogP contribution in [0.3, 0.4) is 0 Å². The van der Waals surface area contributed by atoms with E-state index in [0.29, 0.717) is 0 Å². The predicted molar refractivity (Wildman–Crippen MR) is 64.2 cm³/mol. The lowest BCUT2D eigenvalue weighted by molar-refractivity contribution is 0.0898. The zero-order valence-corrected chi connectivity index (χ0v) is 10.3. The number of hydrogen-bond donors (Lipinski definition) is 1. The summed E-state index contributed by atoms with van der Waals surface area (Å²) in [7, 11) is 2.22. The normalized spacial score (nSPS) is 18.6. The molecule has 1 N–H and O–H groups in total. The van der Waals surface area contributed by atoms with Crippen LogP contribution < -0.4 is 5.32 Å². The molecule has 1 aliphatic rings. The molecule has 0 atom stereocenters. The molecule has 90 valence electrons.